The van der Waals surface area contributed by atoms with E-state index in [-0.39, 0.29) is 9.92 Å². The Kier molecular flexibility index (Phi) is 3.80. The molecule has 0 bridgehead atoms. The molecule has 0 spiro atoms. The van der Waals surface area contributed by atoms with Gasteiger partial charge in [-0.2, -0.15) is 0 Å². The fourth-order valence-corrected chi connectivity index (χ4v) is 3.19. The maximum Gasteiger partial charge on any atom is 0.289 e. The number of nitro benzene ring substituents is 1. The highest BCUT2D eigenvalue weighted by Crippen LogP contribution is 2.32. The molecule has 0 amide bonds. The Balaban J connectivity index is 2.34. The summed E-state index contributed by atoms with van der Waals surface area (Å²) < 4.78 is 25.7. The summed E-state index contributed by atoms with van der Waals surface area (Å²) in [5, 5.41) is 10.7. The summed E-state index contributed by atoms with van der Waals surface area (Å²) in [6.45, 7) is 0.443. The lowest BCUT2D eigenvalue weighted by Gasteiger charge is -2.16. The Morgan fingerprint density at radius 3 is 2.63 bits per heavy atom. The third-order valence-corrected chi connectivity index (χ3v) is 5.17. The van der Waals surface area contributed by atoms with Crippen molar-refractivity contribution in [3.63, 3.8) is 0 Å². The van der Waals surface area contributed by atoms with Crippen molar-refractivity contribution in [3.8, 4) is 0 Å². The topological polar surface area (TPSA) is 80.5 Å². The molecule has 1 aliphatic carbocycles. The van der Waals surface area contributed by atoms with Crippen molar-refractivity contribution in [2.75, 3.05) is 13.6 Å². The van der Waals surface area contributed by atoms with Gasteiger partial charge in [0.05, 0.1) is 9.82 Å². The number of nitro groups is 1. The number of hydrogen-bond acceptors (Lipinski definition) is 4. The average molecular weight is 305 g/mol. The maximum absolute atomic E-state index is 12.2. The van der Waals surface area contributed by atoms with Crippen molar-refractivity contribution in [1.29, 1.82) is 0 Å². The van der Waals surface area contributed by atoms with Gasteiger partial charge in [0.2, 0.25) is 10.0 Å². The average Bonchev–Trinajstić information content (AvgIpc) is 3.12. The second-order valence-corrected chi connectivity index (χ2v) is 7.05. The van der Waals surface area contributed by atoms with Crippen LogP contribution < -0.4 is 0 Å². The van der Waals surface area contributed by atoms with Crippen LogP contribution in [0.3, 0.4) is 0 Å². The molecule has 0 N–H and O–H groups in total. The van der Waals surface area contributed by atoms with Crippen molar-refractivity contribution in [2.45, 2.75) is 17.7 Å². The van der Waals surface area contributed by atoms with Gasteiger partial charge >= 0.3 is 0 Å². The third kappa shape index (κ3) is 3.05. The van der Waals surface area contributed by atoms with Crippen LogP contribution >= 0.6 is 11.6 Å². The summed E-state index contributed by atoms with van der Waals surface area (Å²) in [4.78, 5) is 9.97. The molecule has 104 valence electrons. The van der Waals surface area contributed by atoms with Crippen LogP contribution in [0.25, 0.3) is 0 Å². The molecule has 1 aromatic carbocycles. The third-order valence-electron chi connectivity index (χ3n) is 3.03. The van der Waals surface area contributed by atoms with Gasteiger partial charge in [0, 0.05) is 19.7 Å². The highest BCUT2D eigenvalue weighted by molar-refractivity contribution is 7.89. The number of sulfonamides is 1. The molecule has 1 aliphatic rings. The van der Waals surface area contributed by atoms with E-state index in [0.29, 0.717) is 12.5 Å². The Morgan fingerprint density at radius 1 is 1.47 bits per heavy atom. The molecule has 0 saturated heterocycles. The van der Waals surface area contributed by atoms with Crippen LogP contribution in [0.15, 0.2) is 23.1 Å². The minimum atomic E-state index is -3.70. The summed E-state index contributed by atoms with van der Waals surface area (Å²) in [6.07, 6.45) is 2.06. The van der Waals surface area contributed by atoms with Gasteiger partial charge in [0.1, 0.15) is 5.02 Å². The molecule has 19 heavy (non-hydrogen) atoms. The molecule has 1 saturated carbocycles. The first kappa shape index (κ1) is 14.2. The van der Waals surface area contributed by atoms with Crippen molar-refractivity contribution < 1.29 is 13.3 Å². The van der Waals surface area contributed by atoms with Crippen molar-refractivity contribution >= 4 is 27.3 Å². The van der Waals surface area contributed by atoms with E-state index in [1.54, 1.807) is 0 Å². The van der Waals surface area contributed by atoms with E-state index in [9.17, 15) is 18.5 Å². The monoisotopic (exact) mass is 304 g/mol. The zero-order valence-electron chi connectivity index (χ0n) is 10.2. The molecular formula is C11H13ClN2O4S. The van der Waals surface area contributed by atoms with Crippen LogP contribution in [0.5, 0.6) is 0 Å². The lowest BCUT2D eigenvalue weighted by molar-refractivity contribution is -0.384. The highest BCUT2D eigenvalue weighted by Gasteiger charge is 2.30. The van der Waals surface area contributed by atoms with Gasteiger partial charge in [0.15, 0.2) is 0 Å². The zero-order valence-corrected chi connectivity index (χ0v) is 11.8. The van der Waals surface area contributed by atoms with E-state index < -0.39 is 20.6 Å². The number of halogens is 1. The smallest absolute Gasteiger partial charge is 0.258 e. The molecule has 0 radical (unpaired) electrons. The van der Waals surface area contributed by atoms with Crippen molar-refractivity contribution in [3.05, 3.63) is 33.3 Å². The summed E-state index contributed by atoms with van der Waals surface area (Å²) in [7, 11) is -2.22. The molecule has 1 fully saturated rings. The first-order chi connectivity index (χ1) is 8.82. The van der Waals surface area contributed by atoms with Gasteiger partial charge in [-0.15, -0.1) is 0 Å². The lowest BCUT2D eigenvalue weighted by atomic mass is 10.3. The van der Waals surface area contributed by atoms with Crippen LogP contribution in [-0.2, 0) is 10.0 Å². The van der Waals surface area contributed by atoms with E-state index in [1.165, 1.54) is 23.5 Å². The quantitative estimate of drug-likeness (QED) is 0.617. The predicted molar refractivity (Wildman–Crippen MR) is 70.6 cm³/mol. The fraction of sp³-hybridized carbons (Fsp3) is 0.455. The van der Waals surface area contributed by atoms with E-state index in [4.69, 9.17) is 11.6 Å². The van der Waals surface area contributed by atoms with Crippen LogP contribution in [0.2, 0.25) is 5.02 Å². The van der Waals surface area contributed by atoms with Gasteiger partial charge in [0.25, 0.3) is 5.69 Å². The molecule has 0 aliphatic heterocycles. The van der Waals surface area contributed by atoms with Gasteiger partial charge < -0.3 is 0 Å². The van der Waals surface area contributed by atoms with Crippen LogP contribution in [0, 0.1) is 16.0 Å². The predicted octanol–water partition coefficient (Wildman–Crippen LogP) is 2.28. The fourth-order valence-electron chi connectivity index (χ4n) is 1.73. The first-order valence-corrected chi connectivity index (χ1v) is 7.54. The van der Waals surface area contributed by atoms with E-state index in [1.807, 2.05) is 0 Å². The second-order valence-electron chi connectivity index (χ2n) is 4.60. The van der Waals surface area contributed by atoms with E-state index >= 15 is 0 Å². The molecular weight excluding hydrogens is 292 g/mol. The summed E-state index contributed by atoms with van der Waals surface area (Å²) >= 11 is 5.67. The minimum absolute atomic E-state index is 0.0752. The molecule has 1 aromatic rings. The maximum atomic E-state index is 12.2. The van der Waals surface area contributed by atoms with Crippen LogP contribution in [-0.4, -0.2) is 31.2 Å². The SMILES string of the molecule is CN(CC1CC1)S(=O)(=O)c1ccc(Cl)c([N+](=O)[O-])c1. The molecule has 0 aromatic heterocycles. The summed E-state index contributed by atoms with van der Waals surface area (Å²) in [5.41, 5.74) is -0.400. The zero-order chi connectivity index (χ0) is 14.2. The van der Waals surface area contributed by atoms with Gasteiger partial charge in [-0.25, -0.2) is 12.7 Å². The van der Waals surface area contributed by atoms with Gasteiger partial charge in [-0.3, -0.25) is 10.1 Å². The molecule has 8 heteroatoms. The van der Waals surface area contributed by atoms with E-state index in [2.05, 4.69) is 0 Å². The number of hydrogen-bond donors (Lipinski definition) is 0. The molecule has 0 unspecified atom stereocenters. The molecule has 0 atom stereocenters. The standard InChI is InChI=1S/C11H13ClN2O4S/c1-13(7-8-2-3-8)19(17,18)9-4-5-10(12)11(6-9)14(15)16/h4-6,8H,2-3,7H2,1H3. The first-order valence-electron chi connectivity index (χ1n) is 5.72. The Labute approximate surface area is 116 Å². The molecule has 0 heterocycles. The largest absolute Gasteiger partial charge is 0.289 e. The van der Waals surface area contributed by atoms with Crippen LogP contribution in [0.4, 0.5) is 5.69 Å². The Hall–Kier alpha value is -1.18. The van der Waals surface area contributed by atoms with Crippen molar-refractivity contribution in [1.82, 2.24) is 4.31 Å². The minimum Gasteiger partial charge on any atom is -0.258 e. The van der Waals surface area contributed by atoms with Crippen molar-refractivity contribution in [2.24, 2.45) is 5.92 Å². The number of nitrogens with zero attached hydrogens (tertiary/aromatic N) is 2. The summed E-state index contributed by atoms with van der Waals surface area (Å²) in [6, 6.07) is 3.52. The second kappa shape index (κ2) is 5.07. The van der Waals surface area contributed by atoms with E-state index in [0.717, 1.165) is 18.9 Å². The lowest BCUT2D eigenvalue weighted by Crippen LogP contribution is -2.29. The van der Waals surface area contributed by atoms with Gasteiger partial charge in [-0.1, -0.05) is 11.6 Å². The molecule has 6 nitrogen and oxygen atoms in total. The number of rotatable bonds is 5. The Bertz CT molecular complexity index is 613. The highest BCUT2D eigenvalue weighted by atomic mass is 35.5. The molecule has 2 rings (SSSR count). The number of benzene rings is 1. The normalized spacial score (nSPS) is 15.7. The summed E-state index contributed by atoms with van der Waals surface area (Å²) in [5.74, 6) is 0.405. The van der Waals surface area contributed by atoms with Gasteiger partial charge in [-0.05, 0) is 30.9 Å². The van der Waals surface area contributed by atoms with Crippen LogP contribution in [0.1, 0.15) is 12.8 Å². The Morgan fingerprint density at radius 2 is 2.11 bits per heavy atom.